The van der Waals surface area contributed by atoms with Crippen molar-refractivity contribution in [3.63, 3.8) is 0 Å². The zero-order chi connectivity index (χ0) is 15.7. The van der Waals surface area contributed by atoms with Crippen molar-refractivity contribution < 1.29 is 13.6 Å². The second-order valence-corrected chi connectivity index (χ2v) is 5.56. The molecule has 0 fully saturated rings. The van der Waals surface area contributed by atoms with Gasteiger partial charge < -0.3 is 9.88 Å². The molecular weight excluding hydrogens is 308 g/mol. The molecule has 2 heterocycles. The Hall–Kier alpha value is -2.54. The maximum absolute atomic E-state index is 13.6. The van der Waals surface area contributed by atoms with Crippen LogP contribution >= 0.6 is 11.3 Å². The summed E-state index contributed by atoms with van der Waals surface area (Å²) in [6, 6.07) is 6.70. The average Bonchev–Trinajstić information content (AvgIpc) is 3.10. The van der Waals surface area contributed by atoms with Crippen molar-refractivity contribution >= 4 is 22.9 Å². The highest BCUT2D eigenvalue weighted by Crippen LogP contribution is 2.24. The Morgan fingerprint density at radius 3 is 2.68 bits per heavy atom. The molecule has 3 rings (SSSR count). The molecule has 0 bridgehead atoms. The molecule has 0 atom stereocenters. The number of hydrogen-bond donors (Lipinski definition) is 1. The summed E-state index contributed by atoms with van der Waals surface area (Å²) in [6.07, 6.45) is 3.64. The number of thiazole rings is 1. The second kappa shape index (κ2) is 5.69. The highest BCUT2D eigenvalue weighted by Gasteiger charge is 2.17. The van der Waals surface area contributed by atoms with Gasteiger partial charge in [-0.1, -0.05) is 11.3 Å². The lowest BCUT2D eigenvalue weighted by Crippen LogP contribution is -2.12. The Balaban J connectivity index is 1.86. The predicted molar refractivity (Wildman–Crippen MR) is 80.5 cm³/mol. The fourth-order valence-corrected chi connectivity index (χ4v) is 2.86. The normalized spacial score (nSPS) is 10.7. The van der Waals surface area contributed by atoms with Crippen molar-refractivity contribution in [2.45, 2.75) is 6.92 Å². The molecule has 0 aliphatic carbocycles. The Bertz CT molecular complexity index is 827. The van der Waals surface area contributed by atoms with Crippen molar-refractivity contribution in [1.82, 2.24) is 9.55 Å². The van der Waals surface area contributed by atoms with Gasteiger partial charge >= 0.3 is 0 Å². The summed E-state index contributed by atoms with van der Waals surface area (Å²) in [5, 5.41) is 3.08. The number of carbonyl (C=O) groups excluding carboxylic acids is 1. The number of benzene rings is 1. The number of anilines is 1. The van der Waals surface area contributed by atoms with Crippen LogP contribution in [0.3, 0.4) is 0 Å². The smallest absolute Gasteiger partial charge is 0.267 e. The van der Waals surface area contributed by atoms with E-state index in [1.165, 1.54) is 17.4 Å². The van der Waals surface area contributed by atoms with Gasteiger partial charge in [-0.2, -0.15) is 0 Å². The van der Waals surface area contributed by atoms with E-state index in [1.807, 2.05) is 24.5 Å². The Morgan fingerprint density at radius 2 is 2.00 bits per heavy atom. The van der Waals surface area contributed by atoms with Crippen molar-refractivity contribution in [3.8, 4) is 5.13 Å². The minimum Gasteiger partial charge on any atom is -0.319 e. The molecule has 0 radical (unpaired) electrons. The topological polar surface area (TPSA) is 46.9 Å². The molecule has 0 spiro atoms. The predicted octanol–water partition coefficient (Wildman–Crippen LogP) is 3.77. The Morgan fingerprint density at radius 1 is 1.27 bits per heavy atom. The molecule has 22 heavy (non-hydrogen) atoms. The molecule has 1 N–H and O–H groups in total. The first-order valence-corrected chi connectivity index (χ1v) is 7.23. The van der Waals surface area contributed by atoms with Gasteiger partial charge in [0.15, 0.2) is 5.13 Å². The van der Waals surface area contributed by atoms with Crippen molar-refractivity contribution in [1.29, 1.82) is 0 Å². The van der Waals surface area contributed by atoms with Gasteiger partial charge in [0.25, 0.3) is 5.91 Å². The van der Waals surface area contributed by atoms with Crippen LogP contribution in [-0.2, 0) is 0 Å². The van der Waals surface area contributed by atoms with E-state index in [4.69, 9.17) is 0 Å². The number of rotatable bonds is 3. The quantitative estimate of drug-likeness (QED) is 0.799. The highest BCUT2D eigenvalue weighted by atomic mass is 32.1. The fraction of sp³-hybridized carbons (Fsp3) is 0.0667. The second-order valence-electron chi connectivity index (χ2n) is 4.58. The van der Waals surface area contributed by atoms with Crippen LogP contribution in [0, 0.1) is 18.6 Å². The summed E-state index contributed by atoms with van der Waals surface area (Å²) >= 11 is 1.20. The van der Waals surface area contributed by atoms with Gasteiger partial charge in [-0.3, -0.25) is 4.79 Å². The third kappa shape index (κ3) is 2.75. The van der Waals surface area contributed by atoms with E-state index in [0.29, 0.717) is 15.7 Å². The lowest BCUT2D eigenvalue weighted by atomic mass is 10.3. The molecule has 0 unspecified atom stereocenters. The standard InChI is InChI=1S/C15H11F2N3OS/c1-9-13(22-15(18-9)20-6-2-3-7-20)14(21)19-12-5-4-10(16)8-11(12)17/h2-8H,1H3,(H,19,21). The minimum atomic E-state index is -0.818. The van der Waals surface area contributed by atoms with Crippen molar-refractivity contribution in [2.24, 2.45) is 0 Å². The van der Waals surface area contributed by atoms with Gasteiger partial charge in [-0.25, -0.2) is 13.8 Å². The van der Waals surface area contributed by atoms with E-state index >= 15 is 0 Å². The van der Waals surface area contributed by atoms with Crippen LogP contribution in [-0.4, -0.2) is 15.5 Å². The zero-order valence-corrected chi connectivity index (χ0v) is 12.3. The first-order chi connectivity index (χ1) is 10.5. The molecule has 112 valence electrons. The summed E-state index contributed by atoms with van der Waals surface area (Å²) in [4.78, 5) is 16.9. The number of aromatic nitrogens is 2. The first kappa shape index (κ1) is 14.4. The van der Waals surface area contributed by atoms with Crippen LogP contribution in [0.1, 0.15) is 15.4 Å². The lowest BCUT2D eigenvalue weighted by Gasteiger charge is -2.05. The summed E-state index contributed by atoms with van der Waals surface area (Å²) in [7, 11) is 0. The van der Waals surface area contributed by atoms with Crippen LogP contribution in [0.5, 0.6) is 0 Å². The number of nitrogens with zero attached hydrogens (tertiary/aromatic N) is 2. The number of hydrogen-bond acceptors (Lipinski definition) is 3. The number of halogens is 2. The Kier molecular flexibility index (Phi) is 3.72. The Labute approximate surface area is 129 Å². The molecule has 7 heteroatoms. The largest absolute Gasteiger partial charge is 0.319 e. The molecule has 0 saturated heterocycles. The number of aryl methyl sites for hydroxylation is 1. The molecule has 2 aromatic heterocycles. The van der Waals surface area contributed by atoms with Crippen LogP contribution in [0.25, 0.3) is 5.13 Å². The van der Waals surface area contributed by atoms with Gasteiger partial charge in [-0.05, 0) is 31.2 Å². The van der Waals surface area contributed by atoms with Gasteiger partial charge in [0, 0.05) is 18.5 Å². The molecule has 1 amide bonds. The zero-order valence-electron chi connectivity index (χ0n) is 11.5. The third-order valence-corrected chi connectivity index (χ3v) is 4.17. The summed E-state index contributed by atoms with van der Waals surface area (Å²) in [6.45, 7) is 1.71. The summed E-state index contributed by atoms with van der Waals surface area (Å²) in [5.74, 6) is -1.99. The summed E-state index contributed by atoms with van der Waals surface area (Å²) < 4.78 is 28.2. The maximum Gasteiger partial charge on any atom is 0.267 e. The van der Waals surface area contributed by atoms with E-state index in [0.717, 1.165) is 12.1 Å². The molecule has 1 aromatic carbocycles. The molecule has 0 saturated carbocycles. The van der Waals surface area contributed by atoms with E-state index in [-0.39, 0.29) is 5.69 Å². The van der Waals surface area contributed by atoms with Crippen LogP contribution in [0.4, 0.5) is 14.5 Å². The fourth-order valence-electron chi connectivity index (χ4n) is 1.94. The van der Waals surface area contributed by atoms with Crippen LogP contribution in [0.2, 0.25) is 0 Å². The van der Waals surface area contributed by atoms with Crippen LogP contribution in [0.15, 0.2) is 42.7 Å². The van der Waals surface area contributed by atoms with Gasteiger partial charge in [-0.15, -0.1) is 0 Å². The van der Waals surface area contributed by atoms with E-state index in [1.54, 1.807) is 11.5 Å². The third-order valence-electron chi connectivity index (χ3n) is 3.00. The lowest BCUT2D eigenvalue weighted by molar-refractivity contribution is 0.102. The number of carbonyl (C=O) groups is 1. The van der Waals surface area contributed by atoms with Gasteiger partial charge in [0.2, 0.25) is 0 Å². The van der Waals surface area contributed by atoms with Gasteiger partial charge in [0.05, 0.1) is 11.4 Å². The minimum absolute atomic E-state index is 0.0679. The van der Waals surface area contributed by atoms with E-state index < -0.39 is 17.5 Å². The molecule has 0 aliphatic heterocycles. The maximum atomic E-state index is 13.6. The van der Waals surface area contributed by atoms with E-state index in [9.17, 15) is 13.6 Å². The van der Waals surface area contributed by atoms with Crippen LogP contribution < -0.4 is 5.32 Å². The highest BCUT2D eigenvalue weighted by molar-refractivity contribution is 7.16. The SMILES string of the molecule is Cc1nc(-n2cccc2)sc1C(=O)Nc1ccc(F)cc1F. The molecule has 4 nitrogen and oxygen atoms in total. The molecular formula is C15H11F2N3OS. The average molecular weight is 319 g/mol. The summed E-state index contributed by atoms with van der Waals surface area (Å²) in [5.41, 5.74) is 0.482. The van der Waals surface area contributed by atoms with E-state index in [2.05, 4.69) is 10.3 Å². The van der Waals surface area contributed by atoms with Gasteiger partial charge in [0.1, 0.15) is 16.5 Å². The number of amides is 1. The number of nitrogens with one attached hydrogen (secondary N) is 1. The van der Waals surface area contributed by atoms with Crippen molar-refractivity contribution in [2.75, 3.05) is 5.32 Å². The first-order valence-electron chi connectivity index (χ1n) is 6.42. The monoisotopic (exact) mass is 319 g/mol. The molecule has 3 aromatic rings. The van der Waals surface area contributed by atoms with Crippen molar-refractivity contribution in [3.05, 3.63) is 64.9 Å². The molecule has 0 aliphatic rings.